The minimum atomic E-state index is 0.506. The molecule has 2 rings (SSSR count). The normalized spacial score (nSPS) is 15.0. The minimum absolute atomic E-state index is 0.506. The maximum Gasteiger partial charge on any atom is 0.0814 e. The van der Waals surface area contributed by atoms with Gasteiger partial charge in [-0.2, -0.15) is 5.10 Å². The van der Waals surface area contributed by atoms with E-state index in [0.29, 0.717) is 5.92 Å². The van der Waals surface area contributed by atoms with Crippen molar-refractivity contribution in [3.05, 3.63) is 30.6 Å². The van der Waals surface area contributed by atoms with E-state index in [-0.39, 0.29) is 0 Å². The predicted octanol–water partition coefficient (Wildman–Crippen LogP) is 3.57. The van der Waals surface area contributed by atoms with Crippen LogP contribution in [-0.4, -0.2) is 16.9 Å². The first-order valence-corrected chi connectivity index (χ1v) is 6.64. The van der Waals surface area contributed by atoms with Crippen LogP contribution in [0.5, 0.6) is 0 Å². The van der Waals surface area contributed by atoms with Crippen molar-refractivity contribution < 1.29 is 0 Å². The Kier molecular flexibility index (Phi) is 5.93. The molecule has 1 saturated carbocycles. The number of aliphatic imine (C=N–C) groups is 1. The maximum atomic E-state index is 5.31. The Morgan fingerprint density at radius 3 is 2.53 bits per heavy atom. The summed E-state index contributed by atoms with van der Waals surface area (Å²) in [6.07, 6.45) is 5.78. The average Bonchev–Trinajstić information content (AvgIpc) is 3.27. The summed E-state index contributed by atoms with van der Waals surface area (Å²) in [6, 6.07) is 3.82. The summed E-state index contributed by atoms with van der Waals surface area (Å²) < 4.78 is 0. The minimum Gasteiger partial charge on any atom is -0.323 e. The monoisotopic (exact) mass is 258 g/mol. The highest BCUT2D eigenvalue weighted by atomic mass is 15.1. The van der Waals surface area contributed by atoms with E-state index in [1.165, 1.54) is 0 Å². The van der Waals surface area contributed by atoms with Gasteiger partial charge in [0.05, 0.1) is 29.5 Å². The van der Waals surface area contributed by atoms with E-state index in [1.54, 1.807) is 12.4 Å². The number of rotatable bonds is 4. The summed E-state index contributed by atoms with van der Waals surface area (Å²) in [5, 5.41) is 3.74. The van der Waals surface area contributed by atoms with Gasteiger partial charge in [-0.15, -0.1) is 0 Å². The molecule has 0 aromatic carbocycles. The fourth-order valence-electron chi connectivity index (χ4n) is 1.48. The Hall–Kier alpha value is -1.97. The van der Waals surface area contributed by atoms with E-state index in [1.807, 2.05) is 32.9 Å². The van der Waals surface area contributed by atoms with Gasteiger partial charge in [0.2, 0.25) is 0 Å². The van der Waals surface area contributed by atoms with Crippen LogP contribution in [0.2, 0.25) is 0 Å². The van der Waals surface area contributed by atoms with E-state index < -0.39 is 0 Å². The van der Waals surface area contributed by atoms with Gasteiger partial charge in [-0.3, -0.25) is 9.98 Å². The molecule has 1 aliphatic rings. The second kappa shape index (κ2) is 7.46. The van der Waals surface area contributed by atoms with Crippen LogP contribution >= 0.6 is 0 Å². The molecule has 4 heteroatoms. The third kappa shape index (κ3) is 4.66. The largest absolute Gasteiger partial charge is 0.323 e. The molecule has 0 amide bonds. The van der Waals surface area contributed by atoms with Crippen molar-refractivity contribution in [3.63, 3.8) is 0 Å². The van der Waals surface area contributed by atoms with Crippen molar-refractivity contribution in [1.29, 1.82) is 0 Å². The fourth-order valence-corrected chi connectivity index (χ4v) is 1.48. The van der Waals surface area contributed by atoms with Crippen LogP contribution in [0.15, 0.2) is 35.0 Å². The zero-order chi connectivity index (χ0) is 14.3. The molecule has 0 unspecified atom stereocenters. The highest BCUT2D eigenvalue weighted by Crippen LogP contribution is 2.30. The Balaban J connectivity index is 0.000000861. The van der Waals surface area contributed by atoms with E-state index >= 15 is 0 Å². The molecule has 0 radical (unpaired) electrons. The van der Waals surface area contributed by atoms with Crippen LogP contribution in [-0.2, 0) is 0 Å². The topological polar surface area (TPSA) is 63.6 Å². The van der Waals surface area contributed by atoms with Crippen molar-refractivity contribution in [2.75, 3.05) is 0 Å². The highest BCUT2D eigenvalue weighted by molar-refractivity contribution is 6.32. The second-order valence-corrected chi connectivity index (χ2v) is 4.27. The number of hydrazone groups is 1. The summed E-state index contributed by atoms with van der Waals surface area (Å²) in [7, 11) is 0. The van der Waals surface area contributed by atoms with Crippen molar-refractivity contribution in [2.24, 2.45) is 21.9 Å². The number of nitrogens with zero attached hydrogens (tertiary/aromatic N) is 3. The molecule has 102 valence electrons. The number of hydrogen-bond acceptors (Lipinski definition) is 4. The first-order valence-electron chi connectivity index (χ1n) is 6.64. The Morgan fingerprint density at radius 1 is 1.42 bits per heavy atom. The van der Waals surface area contributed by atoms with Crippen LogP contribution in [0, 0.1) is 5.92 Å². The van der Waals surface area contributed by atoms with Gasteiger partial charge in [0, 0.05) is 5.92 Å². The zero-order valence-corrected chi connectivity index (χ0v) is 11.9. The summed E-state index contributed by atoms with van der Waals surface area (Å²) >= 11 is 0. The molecule has 0 atom stereocenters. The smallest absolute Gasteiger partial charge is 0.0814 e. The van der Waals surface area contributed by atoms with E-state index in [4.69, 9.17) is 5.84 Å². The lowest BCUT2D eigenvalue weighted by atomic mass is 10.2. The number of pyridine rings is 1. The quantitative estimate of drug-likeness (QED) is 0.510. The maximum absolute atomic E-state index is 5.31. The molecule has 0 aliphatic heterocycles. The van der Waals surface area contributed by atoms with Crippen LogP contribution < -0.4 is 5.84 Å². The average molecular weight is 258 g/mol. The first kappa shape index (κ1) is 15.1. The van der Waals surface area contributed by atoms with Crippen LogP contribution in [0.3, 0.4) is 0 Å². The first-order chi connectivity index (χ1) is 9.20. The molecule has 1 aromatic heterocycles. The molecule has 4 nitrogen and oxygen atoms in total. The van der Waals surface area contributed by atoms with E-state index in [0.717, 1.165) is 35.5 Å². The Bertz CT molecular complexity index is 467. The summed E-state index contributed by atoms with van der Waals surface area (Å²) in [5.41, 5.74) is 3.51. The molecule has 0 saturated heterocycles. The molecule has 1 aliphatic carbocycles. The second-order valence-electron chi connectivity index (χ2n) is 4.27. The Morgan fingerprint density at radius 2 is 2.11 bits per heavy atom. The van der Waals surface area contributed by atoms with Gasteiger partial charge >= 0.3 is 0 Å². The molecule has 1 aromatic rings. The lowest BCUT2D eigenvalue weighted by Crippen LogP contribution is -2.05. The zero-order valence-electron chi connectivity index (χ0n) is 11.9. The van der Waals surface area contributed by atoms with E-state index in [2.05, 4.69) is 21.7 Å². The highest BCUT2D eigenvalue weighted by Gasteiger charge is 2.26. The van der Waals surface area contributed by atoms with Gasteiger partial charge in [0.15, 0.2) is 0 Å². The number of nitrogens with two attached hydrogens (primary N) is 1. The van der Waals surface area contributed by atoms with Gasteiger partial charge < -0.3 is 5.84 Å². The van der Waals surface area contributed by atoms with Gasteiger partial charge in [-0.1, -0.05) is 20.4 Å². The summed E-state index contributed by atoms with van der Waals surface area (Å²) in [5.74, 6) is 5.82. The standard InChI is InChI=1S/C13H16N4.C2H6/c1-9(2)12-6-5-11(7-16-12)15-8-13(17-14)10-3-4-10;1-2/h5-8,10H,1,3-4,14H2,2H3;1-2H3/b15-8?,17-13+;. The van der Waals surface area contributed by atoms with Crippen LogP contribution in [0.25, 0.3) is 5.57 Å². The van der Waals surface area contributed by atoms with Crippen LogP contribution in [0.4, 0.5) is 5.69 Å². The van der Waals surface area contributed by atoms with E-state index in [9.17, 15) is 0 Å². The summed E-state index contributed by atoms with van der Waals surface area (Å²) in [6.45, 7) is 9.77. The van der Waals surface area contributed by atoms with Gasteiger partial charge in [0.1, 0.15) is 0 Å². The molecule has 2 N–H and O–H groups in total. The molecule has 0 spiro atoms. The lowest BCUT2D eigenvalue weighted by Gasteiger charge is -1.99. The van der Waals surface area contributed by atoms with Gasteiger partial charge in [-0.25, -0.2) is 0 Å². The fraction of sp³-hybridized carbons (Fsp3) is 0.400. The molecule has 1 heterocycles. The van der Waals surface area contributed by atoms with Crippen molar-refractivity contribution in [2.45, 2.75) is 33.6 Å². The molecule has 1 fully saturated rings. The van der Waals surface area contributed by atoms with Gasteiger partial charge in [0.25, 0.3) is 0 Å². The van der Waals surface area contributed by atoms with Crippen molar-refractivity contribution in [3.8, 4) is 0 Å². The predicted molar refractivity (Wildman–Crippen MR) is 82.8 cm³/mol. The molecular weight excluding hydrogens is 236 g/mol. The number of hydrogen-bond donors (Lipinski definition) is 1. The summed E-state index contributed by atoms with van der Waals surface area (Å²) in [4.78, 5) is 8.57. The number of aromatic nitrogens is 1. The van der Waals surface area contributed by atoms with Crippen LogP contribution in [0.1, 0.15) is 39.3 Å². The van der Waals surface area contributed by atoms with Crippen molar-refractivity contribution in [1.82, 2.24) is 4.98 Å². The SMILES string of the molecule is C=C(C)c1ccc(N=C/C(=N\N)C2CC2)cn1.CC. The molecular formula is C15H22N4. The molecule has 19 heavy (non-hydrogen) atoms. The van der Waals surface area contributed by atoms with Gasteiger partial charge in [-0.05, 0) is 37.5 Å². The number of allylic oxidation sites excluding steroid dienone is 1. The third-order valence-corrected chi connectivity index (χ3v) is 2.68. The van der Waals surface area contributed by atoms with Crippen molar-refractivity contribution >= 4 is 23.2 Å². The third-order valence-electron chi connectivity index (χ3n) is 2.68. The Labute approximate surface area is 115 Å². The molecule has 0 bridgehead atoms. The lowest BCUT2D eigenvalue weighted by molar-refractivity contribution is 1.14.